The molecule has 0 saturated carbocycles. The molecule has 216 valence electrons. The van der Waals surface area contributed by atoms with Crippen LogP contribution in [0.5, 0.6) is 0 Å². The zero-order chi connectivity index (χ0) is 27.8. The Balaban J connectivity index is 0.00000533. The highest BCUT2D eigenvalue weighted by atomic mass is 35.5. The molecule has 1 aliphatic rings. The lowest BCUT2D eigenvalue weighted by atomic mass is 10.0. The van der Waals surface area contributed by atoms with Gasteiger partial charge in [-0.2, -0.15) is 4.98 Å². The molecule has 3 rings (SSSR count). The summed E-state index contributed by atoms with van der Waals surface area (Å²) in [7, 11) is 1.81. The number of aromatic nitrogens is 2. The van der Waals surface area contributed by atoms with E-state index in [0.29, 0.717) is 37.3 Å². The van der Waals surface area contributed by atoms with Gasteiger partial charge in [0, 0.05) is 57.8 Å². The molecule has 0 bridgehead atoms. The average Bonchev–Trinajstić information content (AvgIpc) is 3.32. The molecule has 0 spiro atoms. The molecule has 1 fully saturated rings. The van der Waals surface area contributed by atoms with Crippen LogP contribution in [0, 0.1) is 19.8 Å². The minimum Gasteiger partial charge on any atom is -0.355 e. The molecular formula is C28H43ClN6O4. The van der Waals surface area contributed by atoms with Crippen LogP contribution in [-0.4, -0.2) is 83.5 Å². The number of hydrogen-bond donors (Lipinski definition) is 1. The number of anilines is 1. The van der Waals surface area contributed by atoms with E-state index < -0.39 is 0 Å². The highest BCUT2D eigenvalue weighted by molar-refractivity contribution is 5.87. The van der Waals surface area contributed by atoms with Crippen LogP contribution in [0.25, 0.3) is 11.4 Å². The Hall–Kier alpha value is -3.14. The van der Waals surface area contributed by atoms with Crippen molar-refractivity contribution < 1.29 is 18.9 Å². The SMILES string of the molecule is CC(=O)N1CCC(N(C)C(=O)CN(CC(=O)NCCCC(C)C)c2cc(-c3noc(C)n3)ccc2C)CC1.Cl. The number of aryl methyl sites for hydroxylation is 2. The Morgan fingerprint density at radius 2 is 1.85 bits per heavy atom. The zero-order valence-electron chi connectivity index (χ0n) is 24.0. The van der Waals surface area contributed by atoms with Gasteiger partial charge < -0.3 is 24.5 Å². The van der Waals surface area contributed by atoms with E-state index in [-0.39, 0.29) is 49.3 Å². The van der Waals surface area contributed by atoms with E-state index in [9.17, 15) is 14.4 Å². The average molecular weight is 563 g/mol. The van der Waals surface area contributed by atoms with Crippen molar-refractivity contribution in [3.05, 3.63) is 29.7 Å². The summed E-state index contributed by atoms with van der Waals surface area (Å²) in [5.41, 5.74) is 2.46. The highest BCUT2D eigenvalue weighted by Gasteiger charge is 2.28. The molecule has 1 saturated heterocycles. The van der Waals surface area contributed by atoms with Gasteiger partial charge in [0.05, 0.1) is 13.1 Å². The van der Waals surface area contributed by atoms with Crippen LogP contribution in [0.3, 0.4) is 0 Å². The van der Waals surface area contributed by atoms with E-state index in [2.05, 4.69) is 29.3 Å². The Labute approximate surface area is 237 Å². The first-order valence-electron chi connectivity index (χ1n) is 13.5. The van der Waals surface area contributed by atoms with Crippen LogP contribution in [0.1, 0.15) is 57.9 Å². The lowest BCUT2D eigenvalue weighted by Gasteiger charge is -2.37. The van der Waals surface area contributed by atoms with Gasteiger partial charge in [0.25, 0.3) is 0 Å². The number of amides is 3. The second kappa shape index (κ2) is 14.9. The van der Waals surface area contributed by atoms with E-state index >= 15 is 0 Å². The fraction of sp³-hybridized carbons (Fsp3) is 0.607. The number of benzene rings is 1. The summed E-state index contributed by atoms with van der Waals surface area (Å²) in [4.78, 5) is 47.8. The second-order valence-electron chi connectivity index (χ2n) is 10.6. The maximum atomic E-state index is 13.5. The standard InChI is InChI=1S/C28H42N6O4.ClH/c1-19(2)8-7-13-29-26(36)17-34(18-27(37)32(6)24-11-14-33(15-12-24)22(5)35)25-16-23(10-9-20(25)3)28-30-21(4)38-31-28;/h9-10,16,19,24H,7-8,11-15,17-18H2,1-6H3,(H,29,36);1H. The van der Waals surface area contributed by atoms with E-state index in [0.717, 1.165) is 42.5 Å². The van der Waals surface area contributed by atoms with Crippen molar-refractivity contribution in [3.63, 3.8) is 0 Å². The minimum atomic E-state index is -0.126. The number of rotatable bonds is 11. The topological polar surface area (TPSA) is 112 Å². The molecule has 0 radical (unpaired) electrons. The highest BCUT2D eigenvalue weighted by Crippen LogP contribution is 2.27. The number of nitrogens with one attached hydrogen (secondary N) is 1. The molecule has 1 N–H and O–H groups in total. The number of nitrogens with zero attached hydrogens (tertiary/aromatic N) is 5. The molecule has 2 aromatic rings. The fourth-order valence-electron chi connectivity index (χ4n) is 4.75. The third kappa shape index (κ3) is 9.23. The van der Waals surface area contributed by atoms with Crippen molar-refractivity contribution in [2.75, 3.05) is 44.7 Å². The summed E-state index contributed by atoms with van der Waals surface area (Å²) in [6, 6.07) is 5.81. The molecule has 3 amide bonds. The van der Waals surface area contributed by atoms with E-state index in [1.165, 1.54) is 0 Å². The first-order chi connectivity index (χ1) is 18.0. The van der Waals surface area contributed by atoms with Crippen molar-refractivity contribution in [1.29, 1.82) is 0 Å². The summed E-state index contributed by atoms with van der Waals surface area (Å²) in [5.74, 6) is 1.38. The number of halogens is 1. The van der Waals surface area contributed by atoms with Gasteiger partial charge in [-0.1, -0.05) is 31.1 Å². The largest absolute Gasteiger partial charge is 0.355 e. The molecule has 11 heteroatoms. The Kier molecular flexibility index (Phi) is 12.2. The van der Waals surface area contributed by atoms with Gasteiger partial charge in [-0.3, -0.25) is 14.4 Å². The number of carbonyl (C=O) groups is 3. The van der Waals surface area contributed by atoms with Crippen molar-refractivity contribution in [3.8, 4) is 11.4 Å². The lowest BCUT2D eigenvalue weighted by molar-refractivity contribution is -0.133. The van der Waals surface area contributed by atoms with Crippen LogP contribution in [0.15, 0.2) is 22.7 Å². The normalized spacial score (nSPS) is 13.7. The number of hydrogen-bond acceptors (Lipinski definition) is 7. The van der Waals surface area contributed by atoms with Crippen molar-refractivity contribution in [2.45, 2.75) is 66.3 Å². The lowest BCUT2D eigenvalue weighted by Crippen LogP contribution is -2.50. The molecule has 39 heavy (non-hydrogen) atoms. The maximum absolute atomic E-state index is 13.5. The molecule has 1 aliphatic heterocycles. The minimum absolute atomic E-state index is 0. The molecule has 2 heterocycles. The van der Waals surface area contributed by atoms with Gasteiger partial charge in [0.15, 0.2) is 0 Å². The number of piperidine rings is 1. The van der Waals surface area contributed by atoms with E-state index in [1.54, 1.807) is 18.7 Å². The number of likely N-dealkylation sites (N-methyl/N-ethyl adjacent to an activating group) is 1. The first-order valence-corrected chi connectivity index (χ1v) is 13.5. The molecule has 1 aromatic heterocycles. The summed E-state index contributed by atoms with van der Waals surface area (Å²) < 4.78 is 5.15. The second-order valence-corrected chi connectivity index (χ2v) is 10.6. The van der Waals surface area contributed by atoms with E-state index in [1.807, 2.05) is 42.0 Å². The molecule has 0 aliphatic carbocycles. The number of likely N-dealkylation sites (tertiary alicyclic amines) is 1. The third-order valence-electron chi connectivity index (χ3n) is 7.13. The van der Waals surface area contributed by atoms with Crippen LogP contribution >= 0.6 is 12.4 Å². The first kappa shape index (κ1) is 32.1. The van der Waals surface area contributed by atoms with Gasteiger partial charge >= 0.3 is 0 Å². The Morgan fingerprint density at radius 1 is 1.15 bits per heavy atom. The summed E-state index contributed by atoms with van der Waals surface area (Å²) >= 11 is 0. The molecule has 0 unspecified atom stereocenters. The monoisotopic (exact) mass is 562 g/mol. The molecule has 1 aromatic carbocycles. The quantitative estimate of drug-likeness (QED) is 0.416. The summed E-state index contributed by atoms with van der Waals surface area (Å²) in [6.45, 7) is 11.6. The Morgan fingerprint density at radius 3 is 2.44 bits per heavy atom. The summed E-state index contributed by atoms with van der Waals surface area (Å²) in [5, 5.41) is 7.03. The van der Waals surface area contributed by atoms with Crippen LogP contribution in [0.4, 0.5) is 5.69 Å². The van der Waals surface area contributed by atoms with Crippen LogP contribution in [-0.2, 0) is 14.4 Å². The molecular weight excluding hydrogens is 520 g/mol. The van der Waals surface area contributed by atoms with Crippen LogP contribution in [0.2, 0.25) is 0 Å². The fourth-order valence-corrected chi connectivity index (χ4v) is 4.75. The predicted octanol–water partition coefficient (Wildman–Crippen LogP) is 3.60. The van der Waals surface area contributed by atoms with Crippen molar-refractivity contribution in [2.24, 2.45) is 5.92 Å². The third-order valence-corrected chi connectivity index (χ3v) is 7.13. The molecule has 10 nitrogen and oxygen atoms in total. The molecule has 0 atom stereocenters. The van der Waals surface area contributed by atoms with Gasteiger partial charge in [-0.05, 0) is 50.2 Å². The maximum Gasteiger partial charge on any atom is 0.242 e. The van der Waals surface area contributed by atoms with Gasteiger partial charge in [-0.25, -0.2) is 0 Å². The summed E-state index contributed by atoms with van der Waals surface area (Å²) in [6.07, 6.45) is 3.43. The van der Waals surface area contributed by atoms with Crippen LogP contribution < -0.4 is 10.2 Å². The zero-order valence-corrected chi connectivity index (χ0v) is 24.8. The van der Waals surface area contributed by atoms with E-state index in [4.69, 9.17) is 4.52 Å². The predicted molar refractivity (Wildman–Crippen MR) is 154 cm³/mol. The van der Waals surface area contributed by atoms with Crippen molar-refractivity contribution >= 4 is 35.8 Å². The van der Waals surface area contributed by atoms with Gasteiger partial charge in [0.1, 0.15) is 0 Å². The number of carbonyl (C=O) groups excluding carboxylic acids is 3. The van der Waals surface area contributed by atoms with Gasteiger partial charge in [-0.15, -0.1) is 12.4 Å². The van der Waals surface area contributed by atoms with Crippen molar-refractivity contribution in [1.82, 2.24) is 25.3 Å². The Bertz CT molecular complexity index is 1110. The van der Waals surface area contributed by atoms with Gasteiger partial charge in [0.2, 0.25) is 29.4 Å². The smallest absolute Gasteiger partial charge is 0.242 e.